The minimum atomic E-state index is -2.07. The van der Waals surface area contributed by atoms with Gasteiger partial charge in [-0.3, -0.25) is 9.59 Å². The quantitative estimate of drug-likeness (QED) is 0.0972. The van der Waals surface area contributed by atoms with Gasteiger partial charge in [-0.25, -0.2) is 4.79 Å². The van der Waals surface area contributed by atoms with E-state index in [-0.39, 0.29) is 18.8 Å². The van der Waals surface area contributed by atoms with Crippen LogP contribution in [-0.4, -0.2) is 117 Å². The summed E-state index contributed by atoms with van der Waals surface area (Å²) in [6.07, 6.45) is -6.39. The minimum absolute atomic E-state index is 0.0354. The number of hydrogen-bond acceptors (Lipinski definition) is 15. The molecule has 47 heavy (non-hydrogen) atoms. The van der Waals surface area contributed by atoms with Crippen LogP contribution in [0.3, 0.4) is 0 Å². The summed E-state index contributed by atoms with van der Waals surface area (Å²) in [4.78, 5) is 37.0. The number of esters is 3. The van der Waals surface area contributed by atoms with E-state index in [2.05, 4.69) is 0 Å². The molecule has 1 aromatic rings. The summed E-state index contributed by atoms with van der Waals surface area (Å²) in [7, 11) is 0. The molecule has 2 heterocycles. The first kappa shape index (κ1) is 36.3. The standard InChI is InChI=1S/C32H42O15/c1-4-16(2)29(40)47-30-25-21(11-23(36)32(25,41)15-44-17(3)34)19(13-42-30)14-43-31-28(27(39)26(38)22(12-33)45-31)46-24(37)10-7-18-5-8-20(35)9-6-18/h5-10,13,16,21-23,25-28,30-31,33,35-36,38-39,41H,4,11-12,14-15H2,1-3H3/b10-7+/t16?,21?,22-,23+,25?,26-,27+,28-,30+,31-,32-/m1/s1. The molecule has 2 fully saturated rings. The molecule has 0 amide bonds. The number of carbonyl (C=O) groups is 3. The summed E-state index contributed by atoms with van der Waals surface area (Å²) in [5.74, 6) is -4.50. The van der Waals surface area contributed by atoms with E-state index in [1.54, 1.807) is 26.0 Å². The lowest BCUT2D eigenvalue weighted by Crippen LogP contribution is -2.60. The van der Waals surface area contributed by atoms with Gasteiger partial charge in [-0.15, -0.1) is 0 Å². The van der Waals surface area contributed by atoms with Gasteiger partial charge in [0.15, 0.2) is 12.4 Å². The van der Waals surface area contributed by atoms with Crippen molar-refractivity contribution < 1.29 is 73.4 Å². The average molecular weight is 667 g/mol. The SMILES string of the molecule is CCC(C)C(=O)O[C@@H]1OC=C(CO[C@@H]2O[C@H](CO)[C@@H](O)[C@H](O)[C@H]2OC(=O)/C=C/c2ccc(O)cc2)C2C[C@H](O)[C@](O)(COC(C)=O)C21. The van der Waals surface area contributed by atoms with Crippen molar-refractivity contribution in [2.24, 2.45) is 17.8 Å². The van der Waals surface area contributed by atoms with Crippen LogP contribution in [-0.2, 0) is 42.8 Å². The molecule has 3 aliphatic rings. The largest absolute Gasteiger partial charge is 0.508 e. The first-order valence-electron chi connectivity index (χ1n) is 15.3. The van der Waals surface area contributed by atoms with Crippen LogP contribution < -0.4 is 0 Å². The van der Waals surface area contributed by atoms with E-state index in [1.165, 1.54) is 24.5 Å². The van der Waals surface area contributed by atoms with E-state index in [9.17, 15) is 45.0 Å². The van der Waals surface area contributed by atoms with E-state index in [4.69, 9.17) is 28.4 Å². The molecule has 4 rings (SSSR count). The van der Waals surface area contributed by atoms with Crippen LogP contribution in [0.5, 0.6) is 5.75 Å². The first-order valence-corrected chi connectivity index (χ1v) is 15.3. The third-order valence-corrected chi connectivity index (χ3v) is 8.74. The number of hydrogen-bond donors (Lipinski definition) is 6. The van der Waals surface area contributed by atoms with Gasteiger partial charge in [0.05, 0.1) is 37.4 Å². The van der Waals surface area contributed by atoms with Gasteiger partial charge in [0.25, 0.3) is 0 Å². The van der Waals surface area contributed by atoms with Gasteiger partial charge < -0.3 is 59.1 Å². The Morgan fingerprint density at radius 3 is 2.43 bits per heavy atom. The van der Waals surface area contributed by atoms with Crippen molar-refractivity contribution in [3.63, 3.8) is 0 Å². The number of benzene rings is 1. The summed E-state index contributed by atoms with van der Waals surface area (Å²) in [5, 5.41) is 63.0. The lowest BCUT2D eigenvalue weighted by molar-refractivity contribution is -0.302. The Morgan fingerprint density at radius 1 is 1.09 bits per heavy atom. The number of rotatable bonds is 12. The van der Waals surface area contributed by atoms with Crippen molar-refractivity contribution in [2.45, 2.75) is 82.3 Å². The maximum atomic E-state index is 12.7. The zero-order valence-corrected chi connectivity index (χ0v) is 26.2. The number of aliphatic hydroxyl groups excluding tert-OH is 4. The Kier molecular flexibility index (Phi) is 12.0. The highest BCUT2D eigenvalue weighted by Crippen LogP contribution is 2.50. The highest BCUT2D eigenvalue weighted by Gasteiger charge is 2.61. The molecule has 0 aromatic heterocycles. The predicted octanol–water partition coefficient (Wildman–Crippen LogP) is -0.106. The summed E-state index contributed by atoms with van der Waals surface area (Å²) in [6, 6.07) is 5.95. The highest BCUT2D eigenvalue weighted by molar-refractivity contribution is 5.87. The van der Waals surface area contributed by atoms with Crippen LogP contribution >= 0.6 is 0 Å². The number of phenols is 1. The second-order valence-corrected chi connectivity index (χ2v) is 11.9. The van der Waals surface area contributed by atoms with Crippen molar-refractivity contribution in [3.05, 3.63) is 47.7 Å². The van der Waals surface area contributed by atoms with Crippen molar-refractivity contribution in [2.75, 3.05) is 19.8 Å². The number of aromatic hydroxyl groups is 1. The summed E-state index contributed by atoms with van der Waals surface area (Å²) < 4.78 is 33.3. The van der Waals surface area contributed by atoms with Gasteiger partial charge in [-0.2, -0.15) is 0 Å². The Morgan fingerprint density at radius 2 is 1.79 bits per heavy atom. The fourth-order valence-electron chi connectivity index (χ4n) is 5.76. The van der Waals surface area contributed by atoms with Crippen LogP contribution in [0.2, 0.25) is 0 Å². The Labute approximate surface area is 270 Å². The molecule has 1 saturated heterocycles. The van der Waals surface area contributed by atoms with Crippen LogP contribution in [0.4, 0.5) is 0 Å². The molecule has 1 aliphatic carbocycles. The van der Waals surface area contributed by atoms with E-state index >= 15 is 0 Å². The van der Waals surface area contributed by atoms with E-state index in [0.717, 1.165) is 13.0 Å². The molecule has 2 aliphatic heterocycles. The Bertz CT molecular complexity index is 1310. The van der Waals surface area contributed by atoms with Gasteiger partial charge in [-0.05, 0) is 42.2 Å². The number of phenolic OH excluding ortho intramolecular Hbond substituents is 1. The molecular weight excluding hydrogens is 624 g/mol. The second kappa shape index (κ2) is 15.6. The van der Waals surface area contributed by atoms with Crippen molar-refractivity contribution in [3.8, 4) is 5.75 Å². The topological polar surface area (TPSA) is 228 Å². The van der Waals surface area contributed by atoms with Crippen molar-refractivity contribution >= 4 is 24.0 Å². The lowest BCUT2D eigenvalue weighted by Gasteiger charge is -2.42. The summed E-state index contributed by atoms with van der Waals surface area (Å²) in [5.41, 5.74) is -1.15. The Balaban J connectivity index is 1.54. The van der Waals surface area contributed by atoms with Gasteiger partial charge >= 0.3 is 17.9 Å². The van der Waals surface area contributed by atoms with E-state index in [1.807, 2.05) is 0 Å². The number of carbonyl (C=O) groups excluding carboxylic acids is 3. The van der Waals surface area contributed by atoms with Gasteiger partial charge in [-0.1, -0.05) is 26.0 Å². The van der Waals surface area contributed by atoms with Crippen molar-refractivity contribution in [1.29, 1.82) is 0 Å². The number of fused-ring (bicyclic) bond motifs is 1. The maximum absolute atomic E-state index is 12.7. The molecule has 1 saturated carbocycles. The van der Waals surface area contributed by atoms with Gasteiger partial charge in [0.1, 0.15) is 36.3 Å². The molecule has 260 valence electrons. The molecule has 3 unspecified atom stereocenters. The zero-order valence-electron chi connectivity index (χ0n) is 26.2. The second-order valence-electron chi connectivity index (χ2n) is 11.9. The number of aliphatic hydroxyl groups is 5. The normalized spacial score (nSPS) is 34.1. The summed E-state index contributed by atoms with van der Waals surface area (Å²) >= 11 is 0. The average Bonchev–Trinajstić information content (AvgIpc) is 3.32. The molecule has 11 atom stereocenters. The van der Waals surface area contributed by atoms with Crippen molar-refractivity contribution in [1.82, 2.24) is 0 Å². The molecule has 6 N–H and O–H groups in total. The predicted molar refractivity (Wildman–Crippen MR) is 158 cm³/mol. The molecule has 15 nitrogen and oxygen atoms in total. The molecule has 0 spiro atoms. The van der Waals surface area contributed by atoms with Crippen LogP contribution in [0.15, 0.2) is 42.2 Å². The Hall–Kier alpha value is -3.57. The highest BCUT2D eigenvalue weighted by atomic mass is 16.7. The number of ether oxygens (including phenoxy) is 6. The molecule has 0 radical (unpaired) electrons. The van der Waals surface area contributed by atoms with Gasteiger partial charge in [0.2, 0.25) is 6.29 Å². The van der Waals surface area contributed by atoms with Crippen LogP contribution in [0, 0.1) is 17.8 Å². The first-order chi connectivity index (χ1) is 22.3. The monoisotopic (exact) mass is 666 g/mol. The lowest BCUT2D eigenvalue weighted by atomic mass is 9.80. The fourth-order valence-corrected chi connectivity index (χ4v) is 5.76. The minimum Gasteiger partial charge on any atom is -0.508 e. The van der Waals surface area contributed by atoms with Gasteiger partial charge in [0, 0.05) is 18.9 Å². The molecule has 0 bridgehead atoms. The molecule has 1 aromatic carbocycles. The van der Waals surface area contributed by atoms with E-state index in [0.29, 0.717) is 17.6 Å². The zero-order chi connectivity index (χ0) is 34.5. The van der Waals surface area contributed by atoms with E-state index < -0.39 is 97.6 Å². The van der Waals surface area contributed by atoms with Crippen LogP contribution in [0.25, 0.3) is 6.08 Å². The third-order valence-electron chi connectivity index (χ3n) is 8.74. The smallest absolute Gasteiger partial charge is 0.331 e. The fraction of sp³-hybridized carbons (Fsp3) is 0.594. The van der Waals surface area contributed by atoms with Crippen LogP contribution in [0.1, 0.15) is 39.2 Å². The third kappa shape index (κ3) is 8.30. The molecular formula is C32H42O15. The summed E-state index contributed by atoms with van der Waals surface area (Å²) in [6.45, 7) is 2.95. The maximum Gasteiger partial charge on any atom is 0.331 e. The molecule has 15 heteroatoms.